The third-order valence-electron chi connectivity index (χ3n) is 2.28. The summed E-state index contributed by atoms with van der Waals surface area (Å²) in [6.45, 7) is 5.09. The maximum absolute atomic E-state index is 5.42. The zero-order chi connectivity index (χ0) is 13.4. The minimum atomic E-state index is -0.101. The first kappa shape index (κ1) is 14.5. The van der Waals surface area contributed by atoms with Crippen LogP contribution in [0.3, 0.4) is 0 Å². The fourth-order valence-corrected chi connectivity index (χ4v) is 1.37. The fourth-order valence-electron chi connectivity index (χ4n) is 1.37. The van der Waals surface area contributed by atoms with Gasteiger partial charge >= 0.3 is 0 Å². The van der Waals surface area contributed by atoms with Crippen LogP contribution >= 0.6 is 0 Å². The average Bonchev–Trinajstić information content (AvgIpc) is 2.79. The second kappa shape index (κ2) is 7.67. The Balaban J connectivity index is 2.46. The maximum Gasteiger partial charge on any atom is 0.216 e. The van der Waals surface area contributed by atoms with E-state index >= 15 is 0 Å². The first-order valence-electron chi connectivity index (χ1n) is 5.86. The van der Waals surface area contributed by atoms with E-state index in [-0.39, 0.29) is 6.04 Å². The molecule has 1 aromatic rings. The van der Waals surface area contributed by atoms with Gasteiger partial charge in [0, 0.05) is 20.3 Å². The van der Waals surface area contributed by atoms with Crippen molar-refractivity contribution in [2.75, 3.05) is 20.3 Å². The van der Waals surface area contributed by atoms with Crippen LogP contribution in [0.4, 0.5) is 0 Å². The minimum absolute atomic E-state index is 0.101. The molecule has 0 aliphatic rings. The lowest BCUT2D eigenvalue weighted by molar-refractivity contribution is 0.197. The van der Waals surface area contributed by atoms with Gasteiger partial charge in [0.05, 0.1) is 6.20 Å². The largest absolute Gasteiger partial charge is 0.444 e. The van der Waals surface area contributed by atoms with Gasteiger partial charge in [0.2, 0.25) is 11.9 Å². The predicted molar refractivity (Wildman–Crippen MR) is 68.9 cm³/mol. The van der Waals surface area contributed by atoms with Crippen molar-refractivity contribution in [3.63, 3.8) is 0 Å². The maximum atomic E-state index is 5.42. The monoisotopic (exact) mass is 255 g/mol. The van der Waals surface area contributed by atoms with Gasteiger partial charge in [0.1, 0.15) is 11.8 Å². The van der Waals surface area contributed by atoms with E-state index in [1.165, 1.54) is 0 Å². The number of nitrogens with one attached hydrogen (secondary N) is 2. The van der Waals surface area contributed by atoms with Crippen molar-refractivity contribution < 1.29 is 9.15 Å². The second-order valence-corrected chi connectivity index (χ2v) is 3.90. The molecule has 0 spiro atoms. The predicted octanol–water partition coefficient (Wildman–Crippen LogP) is 0.489. The van der Waals surface area contributed by atoms with Crippen molar-refractivity contribution in [1.29, 1.82) is 0 Å². The molecule has 0 aromatic carbocycles. The molecular formula is C11H21N5O2. The standard InChI is InChI=1S/C11H21N5O2/c1-8-7-14-10(18-8)9(2)15-11(16-12)13-5-4-6-17-3/h7,9H,4-6,12H2,1-3H3,(H2,13,15,16). The molecule has 18 heavy (non-hydrogen) atoms. The van der Waals surface area contributed by atoms with E-state index in [0.29, 0.717) is 25.0 Å². The van der Waals surface area contributed by atoms with E-state index in [2.05, 4.69) is 20.7 Å². The highest BCUT2D eigenvalue weighted by Crippen LogP contribution is 2.11. The van der Waals surface area contributed by atoms with Crippen molar-refractivity contribution in [3.8, 4) is 0 Å². The third kappa shape index (κ3) is 4.72. The van der Waals surface area contributed by atoms with Crippen LogP contribution in [-0.2, 0) is 4.74 Å². The highest BCUT2D eigenvalue weighted by molar-refractivity contribution is 5.79. The Morgan fingerprint density at radius 1 is 1.67 bits per heavy atom. The lowest BCUT2D eigenvalue weighted by Crippen LogP contribution is -2.42. The molecule has 0 radical (unpaired) electrons. The van der Waals surface area contributed by atoms with Gasteiger partial charge in [-0.25, -0.2) is 10.8 Å². The number of hydrogen-bond acceptors (Lipinski definition) is 5. The van der Waals surface area contributed by atoms with Crippen LogP contribution in [0.1, 0.15) is 31.0 Å². The van der Waals surface area contributed by atoms with Gasteiger partial charge in [-0.2, -0.15) is 0 Å². The van der Waals surface area contributed by atoms with Crippen LogP contribution in [0.2, 0.25) is 0 Å². The molecule has 1 heterocycles. The molecule has 0 aliphatic carbocycles. The number of aliphatic imine (C=N–C) groups is 1. The zero-order valence-electron chi connectivity index (χ0n) is 11.1. The van der Waals surface area contributed by atoms with Crippen LogP contribution in [0, 0.1) is 6.92 Å². The average molecular weight is 255 g/mol. The summed E-state index contributed by atoms with van der Waals surface area (Å²) >= 11 is 0. The first-order chi connectivity index (χ1) is 8.67. The molecule has 0 amide bonds. The summed E-state index contributed by atoms with van der Waals surface area (Å²) in [4.78, 5) is 8.41. The SMILES string of the molecule is COCCCN=C(NN)NC(C)c1ncc(C)o1. The lowest BCUT2D eigenvalue weighted by Gasteiger charge is -2.13. The molecule has 1 unspecified atom stereocenters. The molecule has 1 atom stereocenters. The number of hydrazine groups is 1. The molecule has 0 fully saturated rings. The van der Waals surface area contributed by atoms with Crippen LogP contribution < -0.4 is 16.6 Å². The van der Waals surface area contributed by atoms with E-state index < -0.39 is 0 Å². The molecule has 102 valence electrons. The normalized spacial score (nSPS) is 13.4. The Labute approximate surface area is 107 Å². The summed E-state index contributed by atoms with van der Waals surface area (Å²) in [5.41, 5.74) is 2.52. The molecule has 7 nitrogen and oxygen atoms in total. The number of guanidine groups is 1. The summed E-state index contributed by atoms with van der Waals surface area (Å²) in [7, 11) is 1.66. The van der Waals surface area contributed by atoms with E-state index in [9.17, 15) is 0 Å². The van der Waals surface area contributed by atoms with E-state index in [4.69, 9.17) is 15.0 Å². The summed E-state index contributed by atoms with van der Waals surface area (Å²) in [5, 5.41) is 3.09. The van der Waals surface area contributed by atoms with Gasteiger partial charge < -0.3 is 14.5 Å². The van der Waals surface area contributed by atoms with Gasteiger partial charge in [0.15, 0.2) is 0 Å². The third-order valence-corrected chi connectivity index (χ3v) is 2.28. The van der Waals surface area contributed by atoms with Crippen molar-refractivity contribution in [2.45, 2.75) is 26.3 Å². The minimum Gasteiger partial charge on any atom is -0.444 e. The van der Waals surface area contributed by atoms with Crippen molar-refractivity contribution in [3.05, 3.63) is 17.8 Å². The van der Waals surface area contributed by atoms with Gasteiger partial charge in [0.25, 0.3) is 0 Å². The van der Waals surface area contributed by atoms with Crippen molar-refractivity contribution in [2.24, 2.45) is 10.8 Å². The smallest absolute Gasteiger partial charge is 0.216 e. The Morgan fingerprint density at radius 2 is 2.44 bits per heavy atom. The number of hydrogen-bond donors (Lipinski definition) is 3. The number of methoxy groups -OCH3 is 1. The molecule has 1 rings (SSSR count). The molecule has 0 aliphatic heterocycles. The van der Waals surface area contributed by atoms with Crippen LogP contribution in [-0.4, -0.2) is 31.2 Å². The number of ether oxygens (including phenoxy) is 1. The number of nitrogens with two attached hydrogens (primary N) is 1. The van der Waals surface area contributed by atoms with Crippen molar-refractivity contribution in [1.82, 2.24) is 15.7 Å². The molecule has 0 bridgehead atoms. The second-order valence-electron chi connectivity index (χ2n) is 3.90. The van der Waals surface area contributed by atoms with Crippen molar-refractivity contribution >= 4 is 5.96 Å². The summed E-state index contributed by atoms with van der Waals surface area (Å²) in [6, 6.07) is -0.101. The molecule has 7 heteroatoms. The lowest BCUT2D eigenvalue weighted by atomic mass is 10.3. The number of rotatable bonds is 6. The van der Waals surface area contributed by atoms with Gasteiger partial charge in [-0.15, -0.1) is 0 Å². The summed E-state index contributed by atoms with van der Waals surface area (Å²) in [6.07, 6.45) is 2.52. The van der Waals surface area contributed by atoms with E-state index in [1.54, 1.807) is 13.3 Å². The first-order valence-corrected chi connectivity index (χ1v) is 5.86. The van der Waals surface area contributed by atoms with Gasteiger partial charge in [-0.1, -0.05) is 0 Å². The fraction of sp³-hybridized carbons (Fsp3) is 0.636. The topological polar surface area (TPSA) is 97.7 Å². The van der Waals surface area contributed by atoms with E-state index in [1.807, 2.05) is 13.8 Å². The Hall–Kier alpha value is -1.60. The van der Waals surface area contributed by atoms with Crippen LogP contribution in [0.5, 0.6) is 0 Å². The van der Waals surface area contributed by atoms with Crippen LogP contribution in [0.25, 0.3) is 0 Å². The molecule has 0 saturated heterocycles. The Kier molecular flexibility index (Phi) is 6.16. The number of oxazole rings is 1. The number of aromatic nitrogens is 1. The van der Waals surface area contributed by atoms with Gasteiger partial charge in [-0.3, -0.25) is 10.4 Å². The summed E-state index contributed by atoms with van der Waals surface area (Å²) in [5.74, 6) is 7.28. The number of aryl methyl sites for hydroxylation is 1. The quantitative estimate of drug-likeness (QED) is 0.225. The van der Waals surface area contributed by atoms with E-state index in [0.717, 1.165) is 12.2 Å². The van der Waals surface area contributed by atoms with Gasteiger partial charge in [-0.05, 0) is 20.3 Å². The highest BCUT2D eigenvalue weighted by atomic mass is 16.5. The molecule has 1 aromatic heterocycles. The zero-order valence-corrected chi connectivity index (χ0v) is 11.1. The molecule has 4 N–H and O–H groups in total. The molecular weight excluding hydrogens is 234 g/mol. The number of nitrogens with zero attached hydrogens (tertiary/aromatic N) is 2. The summed E-state index contributed by atoms with van der Waals surface area (Å²) < 4.78 is 10.4. The Morgan fingerprint density at radius 3 is 3.00 bits per heavy atom. The van der Waals surface area contributed by atoms with Crippen LogP contribution in [0.15, 0.2) is 15.6 Å². The Bertz CT molecular complexity index is 377. The highest BCUT2D eigenvalue weighted by Gasteiger charge is 2.12. The molecule has 0 saturated carbocycles.